The van der Waals surface area contributed by atoms with E-state index in [2.05, 4.69) is 0 Å². The number of halogens is 1. The first kappa shape index (κ1) is 22.4. The highest BCUT2D eigenvalue weighted by atomic mass is 35.5. The Bertz CT molecular complexity index is 548. The molecule has 26 heavy (non-hydrogen) atoms. The minimum absolute atomic E-state index is 0. The van der Waals surface area contributed by atoms with Crippen molar-refractivity contribution in [2.24, 2.45) is 11.7 Å². The van der Waals surface area contributed by atoms with Crippen LogP contribution in [0.5, 0.6) is 17.2 Å². The summed E-state index contributed by atoms with van der Waals surface area (Å²) in [5, 5.41) is 0. The van der Waals surface area contributed by atoms with Crippen LogP contribution in [-0.2, 0) is 4.79 Å². The third-order valence-electron chi connectivity index (χ3n) is 4.67. The van der Waals surface area contributed by atoms with Gasteiger partial charge in [-0.05, 0) is 25.7 Å². The van der Waals surface area contributed by atoms with Gasteiger partial charge in [0.1, 0.15) is 17.2 Å². The largest absolute Gasteiger partial charge is 0.496 e. The SMILES string of the molecule is COc1cc(OC)cc(OCCCN(C)C(=O)C2CCCC(N)C2)c1.Cl. The Morgan fingerprint density at radius 1 is 1.15 bits per heavy atom. The Kier molecular flexibility index (Phi) is 9.59. The molecule has 7 heteroatoms. The molecule has 1 saturated carbocycles. The van der Waals surface area contributed by atoms with E-state index in [-0.39, 0.29) is 30.3 Å². The summed E-state index contributed by atoms with van der Waals surface area (Å²) in [4.78, 5) is 14.3. The number of nitrogens with two attached hydrogens (primary N) is 1. The first-order valence-electron chi connectivity index (χ1n) is 8.90. The lowest BCUT2D eigenvalue weighted by atomic mass is 9.85. The van der Waals surface area contributed by atoms with Gasteiger partial charge < -0.3 is 24.8 Å². The number of nitrogens with zero attached hydrogens (tertiary/aromatic N) is 1. The van der Waals surface area contributed by atoms with Crippen molar-refractivity contribution in [2.45, 2.75) is 38.1 Å². The molecule has 0 aliphatic heterocycles. The standard InChI is InChI=1S/C19H30N2O4.ClH/c1-21(19(22)14-6-4-7-15(20)10-14)8-5-9-25-18-12-16(23-2)11-17(13-18)24-3;/h11-15H,4-10,20H2,1-3H3;1H. The van der Waals surface area contributed by atoms with Gasteiger partial charge in [-0.1, -0.05) is 6.42 Å². The molecule has 6 nitrogen and oxygen atoms in total. The van der Waals surface area contributed by atoms with Gasteiger partial charge in [0.25, 0.3) is 0 Å². The predicted molar refractivity (Wildman–Crippen MR) is 104 cm³/mol. The highest BCUT2D eigenvalue weighted by molar-refractivity contribution is 5.85. The van der Waals surface area contributed by atoms with Crippen molar-refractivity contribution in [1.29, 1.82) is 0 Å². The molecular formula is C19H31ClN2O4. The van der Waals surface area contributed by atoms with Crippen molar-refractivity contribution in [2.75, 3.05) is 34.4 Å². The van der Waals surface area contributed by atoms with E-state index in [0.29, 0.717) is 30.4 Å². The van der Waals surface area contributed by atoms with Crippen LogP contribution in [0.1, 0.15) is 32.1 Å². The van der Waals surface area contributed by atoms with Gasteiger partial charge in [-0.3, -0.25) is 4.79 Å². The van der Waals surface area contributed by atoms with Crippen molar-refractivity contribution in [1.82, 2.24) is 4.90 Å². The van der Waals surface area contributed by atoms with Gasteiger partial charge in [0.05, 0.1) is 20.8 Å². The number of carbonyl (C=O) groups excluding carboxylic acids is 1. The molecule has 2 rings (SSSR count). The molecule has 1 aromatic carbocycles. The summed E-state index contributed by atoms with van der Waals surface area (Å²) in [5.74, 6) is 2.37. The number of carbonyl (C=O) groups is 1. The van der Waals surface area contributed by atoms with Crippen LogP contribution in [0.3, 0.4) is 0 Å². The van der Waals surface area contributed by atoms with Gasteiger partial charge in [0.2, 0.25) is 5.91 Å². The van der Waals surface area contributed by atoms with Crippen LogP contribution in [0.25, 0.3) is 0 Å². The molecule has 1 fully saturated rings. The highest BCUT2D eigenvalue weighted by Gasteiger charge is 2.27. The number of amides is 1. The number of methoxy groups -OCH3 is 2. The molecule has 2 N–H and O–H groups in total. The molecular weight excluding hydrogens is 356 g/mol. The summed E-state index contributed by atoms with van der Waals surface area (Å²) >= 11 is 0. The van der Waals surface area contributed by atoms with Gasteiger partial charge in [-0.25, -0.2) is 0 Å². The van der Waals surface area contributed by atoms with E-state index in [0.717, 1.165) is 32.1 Å². The first-order valence-corrected chi connectivity index (χ1v) is 8.90. The fraction of sp³-hybridized carbons (Fsp3) is 0.632. The van der Waals surface area contributed by atoms with Crippen molar-refractivity contribution in [3.8, 4) is 17.2 Å². The lowest BCUT2D eigenvalue weighted by Gasteiger charge is -2.29. The van der Waals surface area contributed by atoms with E-state index in [1.54, 1.807) is 25.2 Å². The highest BCUT2D eigenvalue weighted by Crippen LogP contribution is 2.27. The number of hydrogen-bond acceptors (Lipinski definition) is 5. The molecule has 1 amide bonds. The number of ether oxygens (including phenoxy) is 3. The van der Waals surface area contributed by atoms with Crippen LogP contribution >= 0.6 is 12.4 Å². The lowest BCUT2D eigenvalue weighted by Crippen LogP contribution is -2.39. The maximum Gasteiger partial charge on any atom is 0.225 e. The summed E-state index contributed by atoms with van der Waals surface area (Å²) in [6.45, 7) is 1.20. The third kappa shape index (κ3) is 6.57. The topological polar surface area (TPSA) is 74.0 Å². The normalized spacial score (nSPS) is 19.2. The molecule has 148 valence electrons. The Balaban J connectivity index is 0.00000338. The van der Waals surface area contributed by atoms with E-state index in [4.69, 9.17) is 19.9 Å². The van der Waals surface area contributed by atoms with Gasteiger partial charge in [-0.2, -0.15) is 0 Å². The summed E-state index contributed by atoms with van der Waals surface area (Å²) in [6, 6.07) is 5.61. The summed E-state index contributed by atoms with van der Waals surface area (Å²) < 4.78 is 16.2. The Morgan fingerprint density at radius 2 is 1.77 bits per heavy atom. The van der Waals surface area contributed by atoms with Gasteiger partial charge in [0.15, 0.2) is 0 Å². The van der Waals surface area contributed by atoms with Crippen molar-refractivity contribution in [3.63, 3.8) is 0 Å². The first-order chi connectivity index (χ1) is 12.0. The van der Waals surface area contributed by atoms with Crippen LogP contribution in [0.4, 0.5) is 0 Å². The molecule has 2 atom stereocenters. The zero-order valence-electron chi connectivity index (χ0n) is 15.9. The van der Waals surface area contributed by atoms with Crippen molar-refractivity contribution >= 4 is 18.3 Å². The van der Waals surface area contributed by atoms with Crippen LogP contribution in [0.15, 0.2) is 18.2 Å². The Labute approximate surface area is 162 Å². The summed E-state index contributed by atoms with van der Waals surface area (Å²) in [6.07, 6.45) is 4.61. The quantitative estimate of drug-likeness (QED) is 0.695. The molecule has 1 aliphatic carbocycles. The molecule has 0 heterocycles. The van der Waals surface area contributed by atoms with E-state index in [9.17, 15) is 4.79 Å². The zero-order valence-corrected chi connectivity index (χ0v) is 16.7. The smallest absolute Gasteiger partial charge is 0.225 e. The van der Waals surface area contributed by atoms with Crippen LogP contribution in [0.2, 0.25) is 0 Å². The molecule has 2 unspecified atom stereocenters. The number of benzene rings is 1. The monoisotopic (exact) mass is 386 g/mol. The van der Waals surface area contributed by atoms with Gasteiger partial charge in [-0.15, -0.1) is 12.4 Å². The predicted octanol–water partition coefficient (Wildman–Crippen LogP) is 2.87. The minimum atomic E-state index is 0. The average molecular weight is 387 g/mol. The molecule has 1 aliphatic rings. The molecule has 0 bridgehead atoms. The summed E-state index contributed by atoms with van der Waals surface area (Å²) in [7, 11) is 5.07. The minimum Gasteiger partial charge on any atom is -0.496 e. The van der Waals surface area contributed by atoms with E-state index >= 15 is 0 Å². The number of rotatable bonds is 8. The molecule has 0 saturated heterocycles. The molecule has 1 aromatic rings. The van der Waals surface area contributed by atoms with E-state index < -0.39 is 0 Å². The Morgan fingerprint density at radius 3 is 2.35 bits per heavy atom. The maximum atomic E-state index is 12.5. The summed E-state index contributed by atoms with van der Waals surface area (Å²) in [5.41, 5.74) is 5.99. The molecule has 0 spiro atoms. The zero-order chi connectivity index (χ0) is 18.2. The van der Waals surface area contributed by atoms with Gasteiger partial charge >= 0.3 is 0 Å². The molecule has 0 radical (unpaired) electrons. The van der Waals surface area contributed by atoms with Crippen molar-refractivity contribution in [3.05, 3.63) is 18.2 Å². The lowest BCUT2D eigenvalue weighted by molar-refractivity contribution is -0.135. The molecule has 0 aromatic heterocycles. The van der Waals surface area contributed by atoms with E-state index in [1.807, 2.05) is 19.2 Å². The second kappa shape index (κ2) is 11.1. The van der Waals surface area contributed by atoms with Gasteiger partial charge in [0, 0.05) is 43.8 Å². The second-order valence-electron chi connectivity index (χ2n) is 6.63. The van der Waals surface area contributed by atoms with Crippen LogP contribution in [0, 0.1) is 5.92 Å². The second-order valence-corrected chi connectivity index (χ2v) is 6.63. The van der Waals surface area contributed by atoms with Crippen LogP contribution < -0.4 is 19.9 Å². The van der Waals surface area contributed by atoms with Crippen LogP contribution in [-0.4, -0.2) is 51.3 Å². The fourth-order valence-electron chi connectivity index (χ4n) is 3.23. The fourth-order valence-corrected chi connectivity index (χ4v) is 3.23. The average Bonchev–Trinajstić information content (AvgIpc) is 2.64. The van der Waals surface area contributed by atoms with E-state index in [1.165, 1.54) is 0 Å². The number of hydrogen-bond donors (Lipinski definition) is 1. The third-order valence-corrected chi connectivity index (χ3v) is 4.67. The van der Waals surface area contributed by atoms with Crippen molar-refractivity contribution < 1.29 is 19.0 Å². The maximum absolute atomic E-state index is 12.5. The Hall–Kier alpha value is -1.66.